The monoisotopic (exact) mass is 464 g/mol. The molecule has 1 aromatic carbocycles. The molecule has 174 valence electrons. The third kappa shape index (κ3) is 4.83. The molecule has 2 saturated heterocycles. The van der Waals surface area contributed by atoms with Crippen molar-refractivity contribution in [2.24, 2.45) is 4.99 Å². The van der Waals surface area contributed by atoms with Crippen LogP contribution in [0, 0.1) is 0 Å². The van der Waals surface area contributed by atoms with E-state index in [0.717, 1.165) is 44.8 Å². The Labute approximate surface area is 192 Å². The van der Waals surface area contributed by atoms with E-state index in [-0.39, 0.29) is 6.04 Å². The number of hydrogen-bond donors (Lipinski definition) is 1. The number of piperazine rings is 2. The summed E-state index contributed by atoms with van der Waals surface area (Å²) in [6, 6.07) is 7.11. The Kier molecular flexibility index (Phi) is 6.85. The van der Waals surface area contributed by atoms with Crippen LogP contribution in [0.3, 0.4) is 0 Å². The fourth-order valence-electron chi connectivity index (χ4n) is 4.29. The average molecular weight is 465 g/mol. The lowest BCUT2D eigenvalue weighted by molar-refractivity contribution is -0.201. The minimum atomic E-state index is -1.63. The molecule has 3 heterocycles. The SMILES string of the molecule is CN1CCN(C2=NC(c3ccc(Cl)cc3)C(N3CCN(C)CC3)N2OC(=O)C(=O)O)CC1. The molecule has 0 saturated carbocycles. The van der Waals surface area contributed by atoms with Crippen molar-refractivity contribution >= 4 is 29.5 Å². The molecule has 0 bridgehead atoms. The van der Waals surface area contributed by atoms with E-state index in [1.807, 2.05) is 24.3 Å². The van der Waals surface area contributed by atoms with Crippen LogP contribution in [-0.2, 0) is 14.4 Å². The number of likely N-dealkylation sites (N-methyl/N-ethyl adjacent to an activating group) is 2. The number of halogens is 1. The van der Waals surface area contributed by atoms with E-state index in [9.17, 15) is 14.7 Å². The van der Waals surface area contributed by atoms with Gasteiger partial charge in [-0.1, -0.05) is 23.7 Å². The Balaban J connectivity index is 1.71. The molecular weight excluding hydrogens is 436 g/mol. The van der Waals surface area contributed by atoms with E-state index < -0.39 is 18.1 Å². The van der Waals surface area contributed by atoms with Gasteiger partial charge >= 0.3 is 11.9 Å². The number of carbonyl (C=O) groups is 2. The number of carboxylic acids is 1. The van der Waals surface area contributed by atoms with Crippen molar-refractivity contribution < 1.29 is 19.5 Å². The Morgan fingerprint density at radius 1 is 0.969 bits per heavy atom. The van der Waals surface area contributed by atoms with Gasteiger partial charge in [-0.3, -0.25) is 4.90 Å². The summed E-state index contributed by atoms with van der Waals surface area (Å²) in [7, 11) is 4.12. The zero-order chi connectivity index (χ0) is 22.8. The highest BCUT2D eigenvalue weighted by atomic mass is 35.5. The van der Waals surface area contributed by atoms with Gasteiger partial charge in [-0.05, 0) is 31.8 Å². The highest BCUT2D eigenvalue weighted by molar-refractivity contribution is 6.30. The Bertz CT molecular complexity index is 866. The summed E-state index contributed by atoms with van der Waals surface area (Å²) in [6.07, 6.45) is -0.442. The first-order valence-corrected chi connectivity index (χ1v) is 11.1. The highest BCUT2D eigenvalue weighted by Crippen LogP contribution is 2.36. The topological polar surface area (TPSA) is 92.2 Å². The summed E-state index contributed by atoms with van der Waals surface area (Å²) >= 11 is 6.11. The van der Waals surface area contributed by atoms with Crippen molar-refractivity contribution in [2.45, 2.75) is 12.2 Å². The third-order valence-corrected chi connectivity index (χ3v) is 6.49. The largest absolute Gasteiger partial charge is 0.473 e. The zero-order valence-electron chi connectivity index (χ0n) is 18.4. The number of nitrogens with zero attached hydrogens (tertiary/aromatic N) is 6. The Morgan fingerprint density at radius 2 is 1.53 bits per heavy atom. The maximum atomic E-state index is 12.2. The number of aliphatic carboxylic acids is 1. The molecular formula is C21H29ClN6O4. The van der Waals surface area contributed by atoms with E-state index >= 15 is 0 Å². The third-order valence-electron chi connectivity index (χ3n) is 6.24. The molecule has 1 N–H and O–H groups in total. The highest BCUT2D eigenvalue weighted by Gasteiger charge is 2.46. The number of hydrogen-bond acceptors (Lipinski definition) is 9. The maximum Gasteiger partial charge on any atom is 0.441 e. The van der Waals surface area contributed by atoms with E-state index in [1.54, 1.807) is 0 Å². The van der Waals surface area contributed by atoms with Crippen LogP contribution in [0.25, 0.3) is 0 Å². The number of guanidine groups is 1. The predicted molar refractivity (Wildman–Crippen MR) is 119 cm³/mol. The first-order valence-electron chi connectivity index (χ1n) is 10.8. The van der Waals surface area contributed by atoms with Gasteiger partial charge in [0, 0.05) is 57.4 Å². The molecule has 0 aliphatic carbocycles. The van der Waals surface area contributed by atoms with Gasteiger partial charge in [0.15, 0.2) is 0 Å². The van der Waals surface area contributed by atoms with Crippen molar-refractivity contribution in [3.63, 3.8) is 0 Å². The molecule has 32 heavy (non-hydrogen) atoms. The normalized spacial score (nSPS) is 25.7. The molecule has 2 unspecified atom stereocenters. The molecule has 0 radical (unpaired) electrons. The van der Waals surface area contributed by atoms with E-state index in [2.05, 4.69) is 33.7 Å². The van der Waals surface area contributed by atoms with E-state index in [1.165, 1.54) is 5.06 Å². The number of benzene rings is 1. The molecule has 0 aromatic heterocycles. The van der Waals surface area contributed by atoms with Crippen molar-refractivity contribution in [3.05, 3.63) is 34.9 Å². The first kappa shape index (κ1) is 22.8. The predicted octanol–water partition coefficient (Wildman–Crippen LogP) is 0.416. The van der Waals surface area contributed by atoms with Gasteiger partial charge < -0.3 is 24.6 Å². The smallest absolute Gasteiger partial charge is 0.441 e. The molecule has 1 aromatic rings. The van der Waals surface area contributed by atoms with Crippen LogP contribution in [-0.4, -0.2) is 120 Å². The van der Waals surface area contributed by atoms with Gasteiger partial charge in [-0.25, -0.2) is 14.6 Å². The van der Waals surface area contributed by atoms with Crippen LogP contribution < -0.4 is 0 Å². The van der Waals surface area contributed by atoms with Crippen LogP contribution in [0.2, 0.25) is 5.02 Å². The molecule has 2 fully saturated rings. The minimum absolute atomic E-state index is 0.355. The first-order chi connectivity index (χ1) is 15.3. The van der Waals surface area contributed by atoms with Gasteiger partial charge in [0.05, 0.1) is 0 Å². The fraction of sp³-hybridized carbons (Fsp3) is 0.571. The van der Waals surface area contributed by atoms with Gasteiger partial charge in [0.25, 0.3) is 0 Å². The average Bonchev–Trinajstić information content (AvgIpc) is 3.14. The summed E-state index contributed by atoms with van der Waals surface area (Å²) in [5.41, 5.74) is 0.929. The van der Waals surface area contributed by atoms with Gasteiger partial charge in [0.1, 0.15) is 12.2 Å². The summed E-state index contributed by atoms with van der Waals surface area (Å²) < 4.78 is 0. The molecule has 3 aliphatic heterocycles. The number of carboxylic acid groups (broad SMARTS) is 1. The van der Waals surface area contributed by atoms with Gasteiger partial charge in [0.2, 0.25) is 5.96 Å². The summed E-state index contributed by atoms with van der Waals surface area (Å²) in [6.45, 7) is 6.30. The molecule has 4 rings (SSSR count). The summed E-state index contributed by atoms with van der Waals surface area (Å²) in [5.74, 6) is -2.45. The van der Waals surface area contributed by atoms with Crippen molar-refractivity contribution in [3.8, 4) is 0 Å². The van der Waals surface area contributed by atoms with Crippen LogP contribution in [0.4, 0.5) is 0 Å². The molecule has 2 atom stereocenters. The van der Waals surface area contributed by atoms with Crippen LogP contribution >= 0.6 is 11.6 Å². The van der Waals surface area contributed by atoms with Crippen molar-refractivity contribution in [1.82, 2.24) is 24.7 Å². The zero-order valence-corrected chi connectivity index (χ0v) is 19.1. The lowest BCUT2D eigenvalue weighted by Crippen LogP contribution is -2.59. The second-order valence-corrected chi connectivity index (χ2v) is 8.91. The van der Waals surface area contributed by atoms with Gasteiger partial charge in [-0.15, -0.1) is 0 Å². The second kappa shape index (κ2) is 9.62. The van der Waals surface area contributed by atoms with Crippen LogP contribution in [0.5, 0.6) is 0 Å². The fourth-order valence-corrected chi connectivity index (χ4v) is 4.41. The molecule has 11 heteroatoms. The second-order valence-electron chi connectivity index (χ2n) is 8.48. The van der Waals surface area contributed by atoms with Crippen molar-refractivity contribution in [1.29, 1.82) is 0 Å². The maximum absolute atomic E-state index is 12.2. The van der Waals surface area contributed by atoms with Crippen LogP contribution in [0.1, 0.15) is 11.6 Å². The minimum Gasteiger partial charge on any atom is -0.473 e. The Hall–Kier alpha value is -2.40. The summed E-state index contributed by atoms with van der Waals surface area (Å²) in [4.78, 5) is 42.7. The number of rotatable bonds is 3. The lowest BCUT2D eigenvalue weighted by Gasteiger charge is -2.42. The number of aliphatic imine (C=N–C) groups is 1. The number of carbonyl (C=O) groups excluding carboxylic acids is 1. The standard InChI is InChI=1S/C21H29ClN6O4/c1-24-7-11-26(12-8-24)18-17(15-3-5-16(22)6-4-15)23-21(27-13-9-25(2)10-14-27)28(18)32-20(31)19(29)30/h3-6,17-18H,7-14H2,1-2H3,(H,29,30). The molecule has 0 spiro atoms. The van der Waals surface area contributed by atoms with Crippen LogP contribution in [0.15, 0.2) is 29.3 Å². The molecule has 0 amide bonds. The Morgan fingerprint density at radius 3 is 2.09 bits per heavy atom. The van der Waals surface area contributed by atoms with Gasteiger partial charge in [-0.2, -0.15) is 5.06 Å². The summed E-state index contributed by atoms with van der Waals surface area (Å²) in [5, 5.41) is 11.3. The molecule has 3 aliphatic rings. The van der Waals surface area contributed by atoms with E-state index in [4.69, 9.17) is 21.4 Å². The van der Waals surface area contributed by atoms with Crippen molar-refractivity contribution in [2.75, 3.05) is 66.5 Å². The number of hydroxylamine groups is 2. The quantitative estimate of drug-likeness (QED) is 0.639. The van der Waals surface area contributed by atoms with E-state index in [0.29, 0.717) is 24.1 Å². The lowest BCUT2D eigenvalue weighted by atomic mass is 10.0. The molecule has 10 nitrogen and oxygen atoms in total.